The van der Waals surface area contributed by atoms with E-state index in [4.69, 9.17) is 4.74 Å². The van der Waals surface area contributed by atoms with Crippen LogP contribution in [-0.2, 0) is 0 Å². The normalized spacial score (nSPS) is 10.9. The first-order chi connectivity index (χ1) is 8.59. The van der Waals surface area contributed by atoms with Gasteiger partial charge in [0, 0.05) is 6.04 Å². The van der Waals surface area contributed by atoms with Crippen molar-refractivity contribution in [2.75, 3.05) is 13.2 Å². The minimum atomic E-state index is 0.594. The third-order valence-corrected chi connectivity index (χ3v) is 2.97. The summed E-state index contributed by atoms with van der Waals surface area (Å²) in [5.74, 6) is 1.04. The Morgan fingerprint density at radius 2 is 1.89 bits per heavy atom. The Hall–Kier alpha value is -1.02. The van der Waals surface area contributed by atoms with Crippen LogP contribution in [0.5, 0.6) is 5.75 Å². The number of benzene rings is 1. The van der Waals surface area contributed by atoms with Crippen LogP contribution in [0.1, 0.15) is 44.2 Å². The highest BCUT2D eigenvalue weighted by Crippen LogP contribution is 2.19. The van der Waals surface area contributed by atoms with E-state index < -0.39 is 0 Å². The van der Waals surface area contributed by atoms with Crippen molar-refractivity contribution in [3.8, 4) is 5.75 Å². The molecule has 0 aliphatic carbocycles. The number of nitrogens with one attached hydrogen (secondary N) is 1. The molecule has 1 aromatic rings. The highest BCUT2D eigenvalue weighted by molar-refractivity contribution is 5.35. The quantitative estimate of drug-likeness (QED) is 0.707. The lowest BCUT2D eigenvalue weighted by Crippen LogP contribution is -2.23. The monoisotopic (exact) mass is 249 g/mol. The van der Waals surface area contributed by atoms with Crippen molar-refractivity contribution in [1.29, 1.82) is 0 Å². The van der Waals surface area contributed by atoms with Crippen LogP contribution in [0.4, 0.5) is 0 Å². The van der Waals surface area contributed by atoms with Gasteiger partial charge in [-0.15, -0.1) is 0 Å². The molecule has 0 aliphatic heterocycles. The van der Waals surface area contributed by atoms with Crippen molar-refractivity contribution in [2.24, 2.45) is 0 Å². The largest absolute Gasteiger partial charge is 0.493 e. The van der Waals surface area contributed by atoms with E-state index in [0.717, 1.165) is 25.3 Å². The summed E-state index contributed by atoms with van der Waals surface area (Å²) in [5, 5.41) is 3.43. The molecular weight excluding hydrogens is 222 g/mol. The number of aryl methyl sites for hydroxylation is 2. The van der Waals surface area contributed by atoms with Gasteiger partial charge in [-0.3, -0.25) is 0 Å². The molecule has 0 atom stereocenters. The second-order valence-electron chi connectivity index (χ2n) is 5.29. The van der Waals surface area contributed by atoms with Gasteiger partial charge < -0.3 is 10.1 Å². The third-order valence-electron chi connectivity index (χ3n) is 2.97. The topological polar surface area (TPSA) is 21.3 Å². The highest BCUT2D eigenvalue weighted by Gasteiger charge is 1.99. The van der Waals surface area contributed by atoms with Crippen molar-refractivity contribution >= 4 is 0 Å². The smallest absolute Gasteiger partial charge is 0.122 e. The number of ether oxygens (including phenoxy) is 1. The minimum Gasteiger partial charge on any atom is -0.493 e. The summed E-state index contributed by atoms with van der Waals surface area (Å²) < 4.78 is 5.82. The van der Waals surface area contributed by atoms with E-state index in [1.807, 2.05) is 0 Å². The number of unbranched alkanes of at least 4 members (excludes halogenated alkanes) is 2. The first kappa shape index (κ1) is 15.0. The van der Waals surface area contributed by atoms with Gasteiger partial charge in [0.05, 0.1) is 6.61 Å². The molecule has 0 bridgehead atoms. The fourth-order valence-corrected chi connectivity index (χ4v) is 1.84. The molecule has 0 radical (unpaired) electrons. The number of rotatable bonds is 8. The van der Waals surface area contributed by atoms with Crippen molar-refractivity contribution in [3.05, 3.63) is 29.3 Å². The standard InChI is InChI=1S/C16H27NO/c1-13(2)17-10-6-5-7-11-18-16-12-14(3)8-9-15(16)4/h8-9,12-13,17H,5-7,10-11H2,1-4H3. The molecular formula is C16H27NO. The molecule has 0 heterocycles. The van der Waals surface area contributed by atoms with E-state index in [1.54, 1.807) is 0 Å². The first-order valence-corrected chi connectivity index (χ1v) is 7.03. The fraction of sp³-hybridized carbons (Fsp3) is 0.625. The van der Waals surface area contributed by atoms with Crippen LogP contribution in [0, 0.1) is 13.8 Å². The molecule has 0 amide bonds. The summed E-state index contributed by atoms with van der Waals surface area (Å²) in [6, 6.07) is 6.96. The summed E-state index contributed by atoms with van der Waals surface area (Å²) in [4.78, 5) is 0. The van der Waals surface area contributed by atoms with Gasteiger partial charge in [-0.25, -0.2) is 0 Å². The molecule has 0 saturated heterocycles. The Bertz CT molecular complexity index is 347. The minimum absolute atomic E-state index is 0.594. The molecule has 2 nitrogen and oxygen atoms in total. The summed E-state index contributed by atoms with van der Waals surface area (Å²) >= 11 is 0. The molecule has 0 spiro atoms. The fourth-order valence-electron chi connectivity index (χ4n) is 1.84. The second-order valence-corrected chi connectivity index (χ2v) is 5.29. The van der Waals surface area contributed by atoms with Crippen molar-refractivity contribution in [1.82, 2.24) is 5.32 Å². The maximum atomic E-state index is 5.82. The lowest BCUT2D eigenvalue weighted by atomic mass is 10.1. The molecule has 0 unspecified atom stereocenters. The molecule has 0 fully saturated rings. The molecule has 0 aromatic heterocycles. The third kappa shape index (κ3) is 6.06. The van der Waals surface area contributed by atoms with Crippen LogP contribution in [0.3, 0.4) is 0 Å². The van der Waals surface area contributed by atoms with Crippen LogP contribution in [-0.4, -0.2) is 19.2 Å². The van der Waals surface area contributed by atoms with Gasteiger partial charge in [-0.05, 0) is 56.8 Å². The Labute approximate surface area is 112 Å². The molecule has 1 N–H and O–H groups in total. The Balaban J connectivity index is 2.12. The summed E-state index contributed by atoms with van der Waals surface area (Å²) in [7, 11) is 0. The Morgan fingerprint density at radius 3 is 2.61 bits per heavy atom. The molecule has 0 aliphatic rings. The van der Waals surface area contributed by atoms with E-state index in [-0.39, 0.29) is 0 Å². The van der Waals surface area contributed by atoms with Gasteiger partial charge in [0.25, 0.3) is 0 Å². The second kappa shape index (κ2) is 8.15. The predicted molar refractivity (Wildman–Crippen MR) is 78.4 cm³/mol. The van der Waals surface area contributed by atoms with Gasteiger partial charge in [0.1, 0.15) is 5.75 Å². The molecule has 1 rings (SSSR count). The Morgan fingerprint density at radius 1 is 1.11 bits per heavy atom. The van der Waals surface area contributed by atoms with Gasteiger partial charge >= 0.3 is 0 Å². The molecule has 0 saturated carbocycles. The van der Waals surface area contributed by atoms with E-state index in [0.29, 0.717) is 6.04 Å². The van der Waals surface area contributed by atoms with Crippen LogP contribution in [0.25, 0.3) is 0 Å². The van der Waals surface area contributed by atoms with Crippen LogP contribution in [0.2, 0.25) is 0 Å². The summed E-state index contributed by atoms with van der Waals surface area (Å²) in [5.41, 5.74) is 2.49. The maximum absolute atomic E-state index is 5.82. The first-order valence-electron chi connectivity index (χ1n) is 7.03. The van der Waals surface area contributed by atoms with E-state index in [2.05, 4.69) is 51.2 Å². The molecule has 18 heavy (non-hydrogen) atoms. The average molecular weight is 249 g/mol. The Kier molecular flexibility index (Phi) is 6.81. The van der Waals surface area contributed by atoms with Gasteiger partial charge in [-0.2, -0.15) is 0 Å². The van der Waals surface area contributed by atoms with Crippen molar-refractivity contribution < 1.29 is 4.74 Å². The highest BCUT2D eigenvalue weighted by atomic mass is 16.5. The van der Waals surface area contributed by atoms with Crippen molar-refractivity contribution in [2.45, 2.75) is 53.0 Å². The van der Waals surface area contributed by atoms with Crippen LogP contribution < -0.4 is 10.1 Å². The van der Waals surface area contributed by atoms with Crippen LogP contribution in [0.15, 0.2) is 18.2 Å². The summed E-state index contributed by atoms with van der Waals surface area (Å²) in [6.45, 7) is 10.5. The van der Waals surface area contributed by atoms with Gasteiger partial charge in [0.15, 0.2) is 0 Å². The molecule has 1 aromatic carbocycles. The van der Waals surface area contributed by atoms with E-state index >= 15 is 0 Å². The molecule has 102 valence electrons. The zero-order chi connectivity index (χ0) is 13.4. The number of hydrogen-bond donors (Lipinski definition) is 1. The predicted octanol–water partition coefficient (Wildman–Crippen LogP) is 3.85. The maximum Gasteiger partial charge on any atom is 0.122 e. The lowest BCUT2D eigenvalue weighted by Gasteiger charge is -2.10. The van der Waals surface area contributed by atoms with E-state index in [9.17, 15) is 0 Å². The molecule has 2 heteroatoms. The zero-order valence-corrected chi connectivity index (χ0v) is 12.3. The average Bonchev–Trinajstić information content (AvgIpc) is 2.32. The van der Waals surface area contributed by atoms with E-state index in [1.165, 1.54) is 24.0 Å². The SMILES string of the molecule is Cc1ccc(C)c(OCCCCCNC(C)C)c1. The van der Waals surface area contributed by atoms with Gasteiger partial charge in [-0.1, -0.05) is 26.0 Å². The van der Waals surface area contributed by atoms with Crippen LogP contribution >= 0.6 is 0 Å². The lowest BCUT2D eigenvalue weighted by molar-refractivity contribution is 0.302. The van der Waals surface area contributed by atoms with Gasteiger partial charge in [0.2, 0.25) is 0 Å². The number of hydrogen-bond acceptors (Lipinski definition) is 2. The zero-order valence-electron chi connectivity index (χ0n) is 12.3. The van der Waals surface area contributed by atoms with Crippen molar-refractivity contribution in [3.63, 3.8) is 0 Å². The summed E-state index contributed by atoms with van der Waals surface area (Å²) in [6.07, 6.45) is 3.59.